The summed E-state index contributed by atoms with van der Waals surface area (Å²) in [6.07, 6.45) is 10.6. The number of rotatable bonds is 11. The predicted octanol–water partition coefficient (Wildman–Crippen LogP) is 6.25. The van der Waals surface area contributed by atoms with Crippen molar-refractivity contribution in [2.24, 2.45) is 0 Å². The van der Waals surface area contributed by atoms with Gasteiger partial charge in [0, 0.05) is 74.9 Å². The molecule has 8 aromatic rings. The summed E-state index contributed by atoms with van der Waals surface area (Å²) in [7, 11) is 3.09. The van der Waals surface area contributed by atoms with Gasteiger partial charge in [-0.05, 0) is 42.8 Å². The summed E-state index contributed by atoms with van der Waals surface area (Å²) in [6.45, 7) is 6.41. The van der Waals surface area contributed by atoms with Crippen LogP contribution >= 0.6 is 0 Å². The van der Waals surface area contributed by atoms with Crippen LogP contribution in [-0.2, 0) is 4.79 Å². The summed E-state index contributed by atoms with van der Waals surface area (Å²) in [5, 5.41) is 13.2. The van der Waals surface area contributed by atoms with Crippen LogP contribution < -0.4 is 23.7 Å². The first-order valence-electron chi connectivity index (χ1n) is 18.5. The molecule has 17 heteroatoms. The van der Waals surface area contributed by atoms with E-state index in [4.69, 9.17) is 23.7 Å². The summed E-state index contributed by atoms with van der Waals surface area (Å²) in [5.74, 6) is 3.59. The highest BCUT2D eigenvalue weighted by Crippen LogP contribution is 2.37. The average Bonchev–Trinajstić information content (AvgIpc) is 3.92. The number of aromatic nitrogens is 8. The van der Waals surface area contributed by atoms with Gasteiger partial charge in [-0.25, -0.2) is 29.9 Å². The number of carbonyl (C=O) groups excluding carboxylic acids is 1. The number of hydrogen-bond donors (Lipinski definition) is 3. The molecule has 1 amide bonds. The van der Waals surface area contributed by atoms with Crippen molar-refractivity contribution in [2.75, 3.05) is 53.6 Å². The Kier molecular flexibility index (Phi) is 10.9. The van der Waals surface area contributed by atoms with Crippen molar-refractivity contribution in [2.45, 2.75) is 13.3 Å². The molecule has 3 N–H and O–H groups in total. The third kappa shape index (κ3) is 8.29. The van der Waals surface area contributed by atoms with Crippen LogP contribution in [0.2, 0.25) is 0 Å². The molecule has 1 fully saturated rings. The first-order valence-corrected chi connectivity index (χ1v) is 18.5. The standard InChI is InChI=1S/C25H28N6O4.C16H12N4O3/c1-17(32)31-9-7-30(8-10-31)6-3-11-34-23-13-20-21(14-22(23)33-2)28-16-29-25(20)35-19-12-18-4-5-26-24(18)27-15-19;1-22-14-6-12-11(5-13(14)21)16(20-8-19-12)23-10-4-9-2-3-17-15(9)18-7-10/h4-5,12-16H,3,6-11H2,1-2H3,(H,26,27);2-8,21H,1H3,(H,17,18). The second-order valence-corrected chi connectivity index (χ2v) is 13.3. The Hall–Kier alpha value is -7.27. The van der Waals surface area contributed by atoms with Gasteiger partial charge < -0.3 is 43.7 Å². The molecule has 58 heavy (non-hydrogen) atoms. The molecule has 7 heterocycles. The molecule has 1 saturated heterocycles. The van der Waals surface area contributed by atoms with E-state index in [2.05, 4.69) is 44.8 Å². The lowest BCUT2D eigenvalue weighted by molar-refractivity contribution is -0.130. The van der Waals surface area contributed by atoms with Gasteiger partial charge in [0.15, 0.2) is 23.0 Å². The Labute approximate surface area is 331 Å². The molecule has 17 nitrogen and oxygen atoms in total. The number of pyridine rings is 2. The zero-order valence-corrected chi connectivity index (χ0v) is 32.0. The fraction of sp³-hybridized carbons (Fsp3) is 0.244. The highest BCUT2D eigenvalue weighted by Gasteiger charge is 2.19. The molecule has 6 aromatic heterocycles. The van der Waals surface area contributed by atoms with Crippen molar-refractivity contribution in [1.29, 1.82) is 0 Å². The van der Waals surface area contributed by atoms with Crippen molar-refractivity contribution < 1.29 is 33.6 Å². The first kappa shape index (κ1) is 37.6. The fourth-order valence-corrected chi connectivity index (χ4v) is 6.62. The molecular formula is C41H40N10O7. The van der Waals surface area contributed by atoms with Gasteiger partial charge in [-0.1, -0.05) is 0 Å². The fourth-order valence-electron chi connectivity index (χ4n) is 6.62. The Morgan fingerprint density at radius 2 is 1.28 bits per heavy atom. The van der Waals surface area contributed by atoms with Crippen LogP contribution in [0.1, 0.15) is 13.3 Å². The van der Waals surface area contributed by atoms with E-state index in [1.165, 1.54) is 25.8 Å². The third-order valence-corrected chi connectivity index (χ3v) is 9.66. The minimum absolute atomic E-state index is 0.00105. The lowest BCUT2D eigenvalue weighted by Gasteiger charge is -2.34. The number of phenols is 1. The highest BCUT2D eigenvalue weighted by molar-refractivity contribution is 5.88. The predicted molar refractivity (Wildman–Crippen MR) is 215 cm³/mol. The minimum Gasteiger partial charge on any atom is -0.504 e. The smallest absolute Gasteiger partial charge is 0.230 e. The SMILES string of the molecule is COc1cc2ncnc(Oc3cnc4[nH]ccc4c3)c2cc1O.COc1cc2ncnc(Oc3cnc4[nH]ccc4c3)c2cc1OCCCN1CCN(C(C)=O)CC1. The number of H-pyrrole nitrogens is 2. The number of nitrogens with one attached hydrogen (secondary N) is 2. The lowest BCUT2D eigenvalue weighted by atomic mass is 10.2. The van der Waals surface area contributed by atoms with Gasteiger partial charge in [0.2, 0.25) is 17.7 Å². The Morgan fingerprint density at radius 3 is 1.84 bits per heavy atom. The lowest BCUT2D eigenvalue weighted by Crippen LogP contribution is -2.48. The van der Waals surface area contributed by atoms with E-state index < -0.39 is 0 Å². The number of benzene rings is 2. The summed E-state index contributed by atoms with van der Waals surface area (Å²) < 4.78 is 28.6. The number of hydrogen-bond acceptors (Lipinski definition) is 14. The van der Waals surface area contributed by atoms with Crippen LogP contribution in [0.15, 0.2) is 86.0 Å². The van der Waals surface area contributed by atoms with E-state index in [-0.39, 0.29) is 11.7 Å². The number of carbonyl (C=O) groups is 1. The number of fused-ring (bicyclic) bond motifs is 4. The van der Waals surface area contributed by atoms with Crippen LogP contribution in [0, 0.1) is 0 Å². The van der Waals surface area contributed by atoms with Gasteiger partial charge in [0.1, 0.15) is 35.4 Å². The van der Waals surface area contributed by atoms with E-state index in [9.17, 15) is 9.90 Å². The molecule has 0 atom stereocenters. The molecule has 9 rings (SSSR count). The van der Waals surface area contributed by atoms with Crippen molar-refractivity contribution in [1.82, 2.24) is 49.7 Å². The Balaban J connectivity index is 0.000000176. The van der Waals surface area contributed by atoms with Gasteiger partial charge >= 0.3 is 0 Å². The van der Waals surface area contributed by atoms with Crippen molar-refractivity contribution >= 4 is 49.8 Å². The molecule has 1 aliphatic rings. The number of piperazine rings is 1. The van der Waals surface area contributed by atoms with Gasteiger partial charge in [-0.3, -0.25) is 9.69 Å². The zero-order valence-electron chi connectivity index (χ0n) is 32.0. The normalized spacial score (nSPS) is 13.1. The monoisotopic (exact) mass is 784 g/mol. The number of phenolic OH excluding ortho intramolecular Hbond substituents is 1. The van der Waals surface area contributed by atoms with Crippen LogP contribution in [-0.4, -0.2) is 114 Å². The molecule has 0 radical (unpaired) electrons. The summed E-state index contributed by atoms with van der Waals surface area (Å²) in [6, 6.07) is 14.4. The van der Waals surface area contributed by atoms with E-state index in [1.807, 2.05) is 53.7 Å². The van der Waals surface area contributed by atoms with Crippen molar-refractivity contribution in [3.63, 3.8) is 0 Å². The van der Waals surface area contributed by atoms with Crippen LogP contribution in [0.3, 0.4) is 0 Å². The topological polar surface area (TPSA) is 199 Å². The molecule has 0 spiro atoms. The van der Waals surface area contributed by atoms with E-state index in [0.717, 1.165) is 66.6 Å². The van der Waals surface area contributed by atoms with Crippen molar-refractivity contribution in [3.8, 4) is 46.3 Å². The van der Waals surface area contributed by atoms with Crippen LogP contribution in [0.5, 0.6) is 46.3 Å². The number of aromatic hydroxyl groups is 1. The Bertz CT molecular complexity index is 2710. The largest absolute Gasteiger partial charge is 0.504 e. The van der Waals surface area contributed by atoms with Gasteiger partial charge in [-0.15, -0.1) is 0 Å². The zero-order chi connectivity index (χ0) is 40.0. The molecule has 2 aromatic carbocycles. The van der Waals surface area contributed by atoms with Gasteiger partial charge in [0.25, 0.3) is 0 Å². The molecule has 0 aliphatic carbocycles. The Morgan fingerprint density at radius 1 is 0.707 bits per heavy atom. The number of amides is 1. The third-order valence-electron chi connectivity index (χ3n) is 9.66. The number of methoxy groups -OCH3 is 2. The molecule has 0 unspecified atom stereocenters. The van der Waals surface area contributed by atoms with Gasteiger partial charge in [-0.2, -0.15) is 0 Å². The van der Waals surface area contributed by atoms with Crippen LogP contribution in [0.4, 0.5) is 0 Å². The summed E-state index contributed by atoms with van der Waals surface area (Å²) in [5.41, 5.74) is 2.89. The van der Waals surface area contributed by atoms with E-state index >= 15 is 0 Å². The molecule has 1 aliphatic heterocycles. The number of nitrogens with zero attached hydrogens (tertiary/aromatic N) is 8. The minimum atomic E-state index is -0.00105. The maximum absolute atomic E-state index is 11.5. The average molecular weight is 785 g/mol. The summed E-state index contributed by atoms with van der Waals surface area (Å²) >= 11 is 0. The maximum Gasteiger partial charge on any atom is 0.230 e. The van der Waals surface area contributed by atoms with Crippen molar-refractivity contribution in [3.05, 3.63) is 86.0 Å². The quantitative estimate of drug-likeness (QED) is 0.124. The van der Waals surface area contributed by atoms with E-state index in [0.29, 0.717) is 63.5 Å². The number of ether oxygens (including phenoxy) is 5. The second-order valence-electron chi connectivity index (χ2n) is 13.3. The molecular weight excluding hydrogens is 745 g/mol. The van der Waals surface area contributed by atoms with Gasteiger partial charge in [0.05, 0.1) is 55.0 Å². The van der Waals surface area contributed by atoms with E-state index in [1.54, 1.807) is 32.5 Å². The maximum atomic E-state index is 11.5. The summed E-state index contributed by atoms with van der Waals surface area (Å²) in [4.78, 5) is 47.5. The first-order chi connectivity index (χ1) is 28.3. The number of aromatic amines is 2. The van der Waals surface area contributed by atoms with Crippen LogP contribution in [0.25, 0.3) is 43.9 Å². The molecule has 0 bridgehead atoms. The highest BCUT2D eigenvalue weighted by atomic mass is 16.5. The molecule has 296 valence electrons. The molecule has 0 saturated carbocycles. The second kappa shape index (κ2) is 16.8.